The zero-order valence-corrected chi connectivity index (χ0v) is 13.6. The second kappa shape index (κ2) is 5.91. The number of rotatable bonds is 4. The number of aromatic nitrogens is 3. The third-order valence-electron chi connectivity index (χ3n) is 2.94. The third kappa shape index (κ3) is 2.82. The number of anilines is 3. The zero-order chi connectivity index (χ0) is 14.8. The van der Waals surface area contributed by atoms with Crippen molar-refractivity contribution in [2.45, 2.75) is 6.92 Å². The molecule has 0 aliphatic rings. The van der Waals surface area contributed by atoms with Crippen molar-refractivity contribution in [2.24, 2.45) is 0 Å². The highest BCUT2D eigenvalue weighted by Crippen LogP contribution is 2.32. The zero-order valence-electron chi connectivity index (χ0n) is 11.3. The minimum atomic E-state index is 0.641. The van der Waals surface area contributed by atoms with Crippen molar-refractivity contribution in [1.29, 1.82) is 0 Å². The van der Waals surface area contributed by atoms with Gasteiger partial charge in [0.05, 0.1) is 21.4 Å². The van der Waals surface area contributed by atoms with Gasteiger partial charge in [0.25, 0.3) is 0 Å². The molecule has 0 saturated heterocycles. The average molecular weight is 367 g/mol. The molecule has 0 aliphatic heterocycles. The summed E-state index contributed by atoms with van der Waals surface area (Å²) in [7, 11) is 0. The summed E-state index contributed by atoms with van der Waals surface area (Å²) in [6.07, 6.45) is 5.53. The highest BCUT2D eigenvalue weighted by molar-refractivity contribution is 9.10. The molecule has 108 valence electrons. The molecule has 0 bridgehead atoms. The molecule has 3 rings (SSSR count). The SMILES string of the molecule is CCNc1cn2ccnc2c(Nc2cccc(Cl)c2Br)n1. The molecule has 1 aromatic carbocycles. The van der Waals surface area contributed by atoms with E-state index >= 15 is 0 Å². The predicted molar refractivity (Wildman–Crippen MR) is 89.6 cm³/mol. The van der Waals surface area contributed by atoms with Crippen LogP contribution in [0.1, 0.15) is 6.92 Å². The van der Waals surface area contributed by atoms with Crippen LogP contribution in [0.15, 0.2) is 41.3 Å². The number of nitrogens with zero attached hydrogens (tertiary/aromatic N) is 3. The Kier molecular flexibility index (Phi) is 3.98. The second-order valence-corrected chi connectivity index (χ2v) is 5.59. The van der Waals surface area contributed by atoms with E-state index in [1.54, 1.807) is 6.20 Å². The number of benzene rings is 1. The van der Waals surface area contributed by atoms with Crippen LogP contribution in [0.4, 0.5) is 17.3 Å². The van der Waals surface area contributed by atoms with E-state index < -0.39 is 0 Å². The smallest absolute Gasteiger partial charge is 0.180 e. The van der Waals surface area contributed by atoms with Crippen LogP contribution >= 0.6 is 27.5 Å². The molecule has 0 amide bonds. The van der Waals surface area contributed by atoms with Crippen LogP contribution < -0.4 is 10.6 Å². The van der Waals surface area contributed by atoms with Crippen molar-refractivity contribution in [2.75, 3.05) is 17.2 Å². The van der Waals surface area contributed by atoms with Gasteiger partial charge in [-0.05, 0) is 35.0 Å². The summed E-state index contributed by atoms with van der Waals surface area (Å²) in [4.78, 5) is 8.89. The molecule has 2 aromatic heterocycles. The molecule has 0 saturated carbocycles. The van der Waals surface area contributed by atoms with Crippen LogP contribution in [0.5, 0.6) is 0 Å². The Bertz CT molecular complexity index is 786. The highest BCUT2D eigenvalue weighted by atomic mass is 79.9. The van der Waals surface area contributed by atoms with Gasteiger partial charge in [-0.2, -0.15) is 0 Å². The van der Waals surface area contributed by atoms with Crippen LogP contribution in [-0.2, 0) is 0 Å². The summed E-state index contributed by atoms with van der Waals surface area (Å²) in [6, 6.07) is 5.63. The van der Waals surface area contributed by atoms with E-state index in [1.165, 1.54) is 0 Å². The summed E-state index contributed by atoms with van der Waals surface area (Å²) < 4.78 is 2.72. The predicted octanol–water partition coefficient (Wildman–Crippen LogP) is 4.32. The fourth-order valence-corrected chi connectivity index (χ4v) is 2.55. The molecule has 7 heteroatoms. The Morgan fingerprint density at radius 3 is 3.05 bits per heavy atom. The van der Waals surface area contributed by atoms with Gasteiger partial charge >= 0.3 is 0 Å². The maximum Gasteiger partial charge on any atom is 0.180 e. The molecule has 0 unspecified atom stereocenters. The molecular formula is C14H13BrClN5. The first-order valence-electron chi connectivity index (χ1n) is 6.47. The fourth-order valence-electron chi connectivity index (χ4n) is 2.01. The molecule has 21 heavy (non-hydrogen) atoms. The summed E-state index contributed by atoms with van der Waals surface area (Å²) in [5, 5.41) is 7.12. The molecule has 0 fully saturated rings. The maximum atomic E-state index is 6.12. The first kappa shape index (κ1) is 14.2. The fraction of sp³-hybridized carbons (Fsp3) is 0.143. The lowest BCUT2D eigenvalue weighted by Gasteiger charge is -2.12. The van der Waals surface area contributed by atoms with E-state index in [9.17, 15) is 0 Å². The summed E-state index contributed by atoms with van der Waals surface area (Å²) in [5.41, 5.74) is 1.59. The van der Waals surface area contributed by atoms with Gasteiger partial charge in [-0.25, -0.2) is 9.97 Å². The number of fused-ring (bicyclic) bond motifs is 1. The van der Waals surface area contributed by atoms with E-state index in [2.05, 4.69) is 36.5 Å². The van der Waals surface area contributed by atoms with Crippen LogP contribution in [0.2, 0.25) is 5.02 Å². The number of nitrogens with one attached hydrogen (secondary N) is 2. The first-order chi connectivity index (χ1) is 10.2. The Morgan fingerprint density at radius 2 is 2.24 bits per heavy atom. The molecule has 0 spiro atoms. The Morgan fingerprint density at radius 1 is 1.38 bits per heavy atom. The third-order valence-corrected chi connectivity index (χ3v) is 4.33. The van der Waals surface area contributed by atoms with Gasteiger partial charge in [0.2, 0.25) is 0 Å². The summed E-state index contributed by atoms with van der Waals surface area (Å²) in [6.45, 7) is 2.83. The van der Waals surface area contributed by atoms with Gasteiger partial charge in [-0.3, -0.25) is 0 Å². The van der Waals surface area contributed by atoms with Gasteiger partial charge in [0, 0.05) is 18.9 Å². The molecule has 2 heterocycles. The van der Waals surface area contributed by atoms with Crippen molar-refractivity contribution in [3.8, 4) is 0 Å². The average Bonchev–Trinajstić information content (AvgIpc) is 2.93. The van der Waals surface area contributed by atoms with E-state index in [1.807, 2.05) is 41.9 Å². The Hall–Kier alpha value is -1.79. The van der Waals surface area contributed by atoms with Gasteiger partial charge in [-0.1, -0.05) is 17.7 Å². The molecule has 2 N–H and O–H groups in total. The monoisotopic (exact) mass is 365 g/mol. The minimum Gasteiger partial charge on any atom is -0.369 e. The Balaban J connectivity index is 2.06. The lowest BCUT2D eigenvalue weighted by molar-refractivity contribution is 1.09. The van der Waals surface area contributed by atoms with Crippen molar-refractivity contribution >= 4 is 50.5 Å². The maximum absolute atomic E-state index is 6.12. The Labute approximate surface area is 135 Å². The van der Waals surface area contributed by atoms with Crippen molar-refractivity contribution < 1.29 is 0 Å². The van der Waals surface area contributed by atoms with E-state index in [0.29, 0.717) is 10.8 Å². The van der Waals surface area contributed by atoms with Crippen molar-refractivity contribution in [1.82, 2.24) is 14.4 Å². The molecule has 0 aliphatic carbocycles. The molecule has 5 nitrogen and oxygen atoms in total. The van der Waals surface area contributed by atoms with Gasteiger partial charge in [0.15, 0.2) is 11.5 Å². The van der Waals surface area contributed by atoms with Crippen LogP contribution in [0.3, 0.4) is 0 Å². The van der Waals surface area contributed by atoms with Gasteiger partial charge < -0.3 is 15.0 Å². The molecule has 0 atom stereocenters. The first-order valence-corrected chi connectivity index (χ1v) is 7.64. The topological polar surface area (TPSA) is 54.2 Å². The summed E-state index contributed by atoms with van der Waals surface area (Å²) >= 11 is 9.59. The summed E-state index contributed by atoms with van der Waals surface area (Å²) in [5.74, 6) is 1.45. The van der Waals surface area contributed by atoms with E-state index in [4.69, 9.17) is 11.6 Å². The quantitative estimate of drug-likeness (QED) is 0.722. The minimum absolute atomic E-state index is 0.641. The van der Waals surface area contributed by atoms with Gasteiger partial charge in [0.1, 0.15) is 5.82 Å². The van der Waals surface area contributed by atoms with Crippen molar-refractivity contribution in [3.63, 3.8) is 0 Å². The van der Waals surface area contributed by atoms with E-state index in [0.717, 1.165) is 28.2 Å². The van der Waals surface area contributed by atoms with Crippen LogP contribution in [0, 0.1) is 0 Å². The number of halogens is 2. The second-order valence-electron chi connectivity index (χ2n) is 4.39. The lowest BCUT2D eigenvalue weighted by Crippen LogP contribution is -2.05. The molecular weight excluding hydrogens is 354 g/mol. The normalized spacial score (nSPS) is 10.8. The van der Waals surface area contributed by atoms with Gasteiger partial charge in [-0.15, -0.1) is 0 Å². The standard InChI is InChI=1S/C14H13BrClN5/c1-2-17-11-8-21-7-6-18-14(21)13(20-11)19-10-5-3-4-9(16)12(10)15/h3-8,17H,2H2,1H3,(H,19,20). The lowest BCUT2D eigenvalue weighted by atomic mass is 10.3. The van der Waals surface area contributed by atoms with Crippen molar-refractivity contribution in [3.05, 3.63) is 46.3 Å². The molecule has 3 aromatic rings. The van der Waals surface area contributed by atoms with E-state index in [-0.39, 0.29) is 0 Å². The van der Waals surface area contributed by atoms with Crippen LogP contribution in [0.25, 0.3) is 5.65 Å². The molecule has 0 radical (unpaired) electrons. The number of hydrogen-bond acceptors (Lipinski definition) is 4. The largest absolute Gasteiger partial charge is 0.369 e. The number of imidazole rings is 1. The van der Waals surface area contributed by atoms with Crippen LogP contribution in [-0.4, -0.2) is 20.9 Å². The highest BCUT2D eigenvalue weighted by Gasteiger charge is 2.10. The number of hydrogen-bond donors (Lipinski definition) is 2.